The van der Waals surface area contributed by atoms with Gasteiger partial charge in [0.15, 0.2) is 0 Å². The molecule has 2 N–H and O–H groups in total. The number of aliphatic hydroxyl groups is 1. The molecule has 1 rings (SSSR count). The Labute approximate surface area is 81.7 Å². The van der Waals surface area contributed by atoms with Crippen molar-refractivity contribution >= 4 is 0 Å². The second-order valence-electron chi connectivity index (χ2n) is 4.81. The van der Waals surface area contributed by atoms with Gasteiger partial charge in [-0.25, -0.2) is 0 Å². The molecule has 78 valence electrons. The van der Waals surface area contributed by atoms with Gasteiger partial charge >= 0.3 is 0 Å². The van der Waals surface area contributed by atoms with Crippen LogP contribution < -0.4 is 5.32 Å². The average Bonchev–Trinajstić information content (AvgIpc) is 2.46. The van der Waals surface area contributed by atoms with Crippen molar-refractivity contribution in [3.05, 3.63) is 0 Å². The minimum atomic E-state index is 0.266. The molecule has 2 nitrogen and oxygen atoms in total. The molecule has 0 saturated heterocycles. The Morgan fingerprint density at radius 3 is 2.46 bits per heavy atom. The summed E-state index contributed by atoms with van der Waals surface area (Å²) < 4.78 is 0. The summed E-state index contributed by atoms with van der Waals surface area (Å²) in [7, 11) is 0. The summed E-state index contributed by atoms with van der Waals surface area (Å²) in [5.74, 6) is 1.39. The van der Waals surface area contributed by atoms with Crippen molar-refractivity contribution in [3.8, 4) is 0 Å². The lowest BCUT2D eigenvalue weighted by molar-refractivity contribution is 0.198. The molecule has 0 aromatic carbocycles. The molecule has 1 fully saturated rings. The predicted molar refractivity (Wildman–Crippen MR) is 55.7 cm³/mol. The van der Waals surface area contributed by atoms with Crippen molar-refractivity contribution in [3.63, 3.8) is 0 Å². The summed E-state index contributed by atoms with van der Waals surface area (Å²) >= 11 is 0. The van der Waals surface area contributed by atoms with Gasteiger partial charge < -0.3 is 10.4 Å². The number of hydrogen-bond donors (Lipinski definition) is 2. The molecule has 13 heavy (non-hydrogen) atoms. The maximum Gasteiger partial charge on any atom is 0.0587 e. The van der Waals surface area contributed by atoms with E-state index in [9.17, 15) is 0 Å². The number of aliphatic hydroxyl groups excluding tert-OH is 1. The van der Waals surface area contributed by atoms with Crippen molar-refractivity contribution < 1.29 is 5.11 Å². The van der Waals surface area contributed by atoms with Crippen LogP contribution in [0.15, 0.2) is 0 Å². The van der Waals surface area contributed by atoms with E-state index in [2.05, 4.69) is 26.1 Å². The fourth-order valence-corrected chi connectivity index (χ4v) is 2.12. The van der Waals surface area contributed by atoms with E-state index in [0.29, 0.717) is 12.0 Å². The van der Waals surface area contributed by atoms with Crippen LogP contribution in [0.2, 0.25) is 0 Å². The zero-order valence-corrected chi connectivity index (χ0v) is 9.09. The lowest BCUT2D eigenvalue weighted by Crippen LogP contribution is -2.42. The smallest absolute Gasteiger partial charge is 0.0587 e. The van der Waals surface area contributed by atoms with Crippen LogP contribution in [0.1, 0.15) is 40.0 Å². The van der Waals surface area contributed by atoms with Crippen LogP contribution in [0.3, 0.4) is 0 Å². The van der Waals surface area contributed by atoms with Crippen LogP contribution in [0, 0.1) is 11.8 Å². The van der Waals surface area contributed by atoms with E-state index >= 15 is 0 Å². The van der Waals surface area contributed by atoms with Crippen molar-refractivity contribution in [1.82, 2.24) is 5.32 Å². The van der Waals surface area contributed by atoms with Crippen LogP contribution in [0.5, 0.6) is 0 Å². The van der Waals surface area contributed by atoms with Gasteiger partial charge in [0.05, 0.1) is 6.61 Å². The fraction of sp³-hybridized carbons (Fsp3) is 1.00. The lowest BCUT2D eigenvalue weighted by Gasteiger charge is -2.24. The lowest BCUT2D eigenvalue weighted by atomic mass is 10.0. The quantitative estimate of drug-likeness (QED) is 0.700. The number of nitrogens with one attached hydrogen (secondary N) is 1. The van der Waals surface area contributed by atoms with Gasteiger partial charge in [0.2, 0.25) is 0 Å². The topological polar surface area (TPSA) is 32.3 Å². The summed E-state index contributed by atoms with van der Waals surface area (Å²) in [5.41, 5.74) is 0. The molecule has 2 heteroatoms. The highest BCUT2D eigenvalue weighted by Gasteiger charge is 2.24. The minimum absolute atomic E-state index is 0.266. The van der Waals surface area contributed by atoms with Crippen molar-refractivity contribution in [2.24, 2.45) is 11.8 Å². The Hall–Kier alpha value is -0.0800. The summed E-state index contributed by atoms with van der Waals surface area (Å²) in [6, 6.07) is 0.935. The molecule has 0 aliphatic heterocycles. The van der Waals surface area contributed by atoms with E-state index < -0.39 is 0 Å². The van der Waals surface area contributed by atoms with Crippen LogP contribution in [0.25, 0.3) is 0 Å². The largest absolute Gasteiger partial charge is 0.395 e. The van der Waals surface area contributed by atoms with E-state index in [-0.39, 0.29) is 12.6 Å². The summed E-state index contributed by atoms with van der Waals surface area (Å²) in [5, 5.41) is 12.7. The molecule has 0 spiro atoms. The van der Waals surface area contributed by atoms with Crippen LogP contribution in [0.4, 0.5) is 0 Å². The Morgan fingerprint density at radius 1 is 1.38 bits per heavy atom. The normalized spacial score (nSPS) is 31.2. The fourth-order valence-electron chi connectivity index (χ4n) is 2.12. The van der Waals surface area contributed by atoms with Gasteiger partial charge in [-0.15, -0.1) is 0 Å². The Kier molecular flexibility index (Phi) is 4.20. The van der Waals surface area contributed by atoms with E-state index in [1.165, 1.54) is 19.3 Å². The van der Waals surface area contributed by atoms with Crippen molar-refractivity contribution in [2.75, 3.05) is 6.61 Å². The zero-order valence-electron chi connectivity index (χ0n) is 9.09. The maximum atomic E-state index is 9.16. The van der Waals surface area contributed by atoms with Gasteiger partial charge in [-0.2, -0.15) is 0 Å². The summed E-state index contributed by atoms with van der Waals surface area (Å²) in [6.45, 7) is 6.89. The van der Waals surface area contributed by atoms with Crippen LogP contribution >= 0.6 is 0 Å². The molecule has 0 heterocycles. The first-order valence-corrected chi connectivity index (χ1v) is 5.50. The van der Waals surface area contributed by atoms with Gasteiger partial charge in [-0.05, 0) is 31.1 Å². The Morgan fingerprint density at radius 2 is 2.08 bits per heavy atom. The first-order valence-electron chi connectivity index (χ1n) is 5.50. The highest BCUT2D eigenvalue weighted by atomic mass is 16.3. The molecule has 0 amide bonds. The van der Waals surface area contributed by atoms with Gasteiger partial charge in [-0.3, -0.25) is 0 Å². The Balaban J connectivity index is 2.30. The first kappa shape index (κ1) is 11.0. The third-order valence-electron chi connectivity index (χ3n) is 3.15. The second-order valence-corrected chi connectivity index (χ2v) is 4.81. The monoisotopic (exact) mass is 185 g/mol. The molecule has 0 aromatic rings. The van der Waals surface area contributed by atoms with E-state index in [4.69, 9.17) is 5.11 Å². The van der Waals surface area contributed by atoms with Gasteiger partial charge in [-0.1, -0.05) is 20.8 Å². The highest BCUT2D eigenvalue weighted by Crippen LogP contribution is 2.25. The molecule has 0 bridgehead atoms. The maximum absolute atomic E-state index is 9.16. The first-order chi connectivity index (χ1) is 6.13. The van der Waals surface area contributed by atoms with Crippen molar-refractivity contribution in [1.29, 1.82) is 0 Å². The molecular weight excluding hydrogens is 162 g/mol. The van der Waals surface area contributed by atoms with Gasteiger partial charge in [0, 0.05) is 12.1 Å². The van der Waals surface area contributed by atoms with E-state index in [1.54, 1.807) is 0 Å². The van der Waals surface area contributed by atoms with E-state index in [0.717, 1.165) is 5.92 Å². The molecule has 1 aliphatic rings. The molecule has 1 saturated carbocycles. The molecule has 1 aliphatic carbocycles. The second kappa shape index (κ2) is 4.97. The third-order valence-corrected chi connectivity index (χ3v) is 3.15. The molecule has 2 unspecified atom stereocenters. The molecule has 3 atom stereocenters. The number of hydrogen-bond acceptors (Lipinski definition) is 2. The van der Waals surface area contributed by atoms with Crippen LogP contribution in [-0.4, -0.2) is 23.8 Å². The third kappa shape index (κ3) is 3.28. The Bertz CT molecular complexity index is 147. The zero-order chi connectivity index (χ0) is 9.84. The van der Waals surface area contributed by atoms with Gasteiger partial charge in [0.1, 0.15) is 0 Å². The predicted octanol–water partition coefficient (Wildman–Crippen LogP) is 1.78. The summed E-state index contributed by atoms with van der Waals surface area (Å²) in [4.78, 5) is 0. The highest BCUT2D eigenvalue weighted by molar-refractivity contribution is 4.82. The molecule has 0 radical (unpaired) electrons. The van der Waals surface area contributed by atoms with Crippen LogP contribution in [-0.2, 0) is 0 Å². The number of rotatable bonds is 4. The standard InChI is InChI=1S/C11H23NO/c1-8(2)11(7-13)12-10-5-4-9(3)6-10/h8-13H,4-7H2,1-3H3/t9?,10?,11-/m1/s1. The SMILES string of the molecule is CC1CCC(N[C@H](CO)C(C)C)C1. The van der Waals surface area contributed by atoms with Gasteiger partial charge in [0.25, 0.3) is 0 Å². The summed E-state index contributed by atoms with van der Waals surface area (Å²) in [6.07, 6.45) is 3.90. The molecule has 0 aromatic heterocycles. The minimum Gasteiger partial charge on any atom is -0.395 e. The van der Waals surface area contributed by atoms with E-state index in [1.807, 2.05) is 0 Å². The van der Waals surface area contributed by atoms with Crippen molar-refractivity contribution in [2.45, 2.75) is 52.1 Å². The average molecular weight is 185 g/mol. The molecular formula is C11H23NO.